The number of nitrogens with one attached hydrogen (secondary N) is 1. The fraction of sp³-hybridized carbons (Fsp3) is 0.435. The molecule has 8 heteroatoms. The molecule has 1 fully saturated rings. The van der Waals surface area contributed by atoms with Crippen molar-refractivity contribution in [2.24, 2.45) is 5.92 Å². The van der Waals surface area contributed by atoms with Gasteiger partial charge in [-0.25, -0.2) is 17.1 Å². The third kappa shape index (κ3) is 7.05. The summed E-state index contributed by atoms with van der Waals surface area (Å²) >= 11 is 1.77. The summed E-state index contributed by atoms with van der Waals surface area (Å²) in [5, 5.41) is 2.97. The number of rotatable bonds is 9. The molecular weight excluding hydrogens is 435 g/mol. The number of hydrogen-bond acceptors (Lipinski definition) is 4. The van der Waals surface area contributed by atoms with Crippen LogP contribution in [0.3, 0.4) is 0 Å². The van der Waals surface area contributed by atoms with E-state index in [9.17, 15) is 17.6 Å². The Labute approximate surface area is 188 Å². The van der Waals surface area contributed by atoms with Crippen molar-refractivity contribution in [3.8, 4) is 0 Å². The van der Waals surface area contributed by atoms with E-state index >= 15 is 0 Å². The summed E-state index contributed by atoms with van der Waals surface area (Å²) in [6, 6.07) is 14.4. The monoisotopic (exact) mass is 464 g/mol. The Balaban J connectivity index is 1.37. The molecule has 2 aromatic carbocycles. The van der Waals surface area contributed by atoms with Crippen molar-refractivity contribution in [3.05, 3.63) is 71.0 Å². The van der Waals surface area contributed by atoms with Gasteiger partial charge in [-0.1, -0.05) is 48.0 Å². The first-order valence-corrected chi connectivity index (χ1v) is 13.2. The van der Waals surface area contributed by atoms with Crippen molar-refractivity contribution in [3.63, 3.8) is 0 Å². The Bertz CT molecular complexity index is 973. The molecule has 168 valence electrons. The van der Waals surface area contributed by atoms with Crippen LogP contribution in [-0.2, 0) is 26.3 Å². The van der Waals surface area contributed by atoms with Crippen LogP contribution in [0.1, 0.15) is 29.5 Å². The van der Waals surface area contributed by atoms with E-state index in [1.165, 1.54) is 33.6 Å². The fourth-order valence-electron chi connectivity index (χ4n) is 3.56. The van der Waals surface area contributed by atoms with Gasteiger partial charge < -0.3 is 5.32 Å². The van der Waals surface area contributed by atoms with E-state index in [-0.39, 0.29) is 36.2 Å². The SMILES string of the molecule is Cc1ccc(CSCCNC(=O)C2CCN(S(=O)(=O)Cc3ccccc3F)CC2)cc1. The average molecular weight is 465 g/mol. The van der Waals surface area contributed by atoms with Gasteiger partial charge in [0.25, 0.3) is 0 Å². The molecule has 1 saturated heterocycles. The molecule has 0 saturated carbocycles. The third-order valence-electron chi connectivity index (χ3n) is 5.45. The Morgan fingerprint density at radius 1 is 1.13 bits per heavy atom. The van der Waals surface area contributed by atoms with E-state index in [0.717, 1.165) is 11.5 Å². The summed E-state index contributed by atoms with van der Waals surface area (Å²) in [5.41, 5.74) is 2.68. The smallest absolute Gasteiger partial charge is 0.223 e. The van der Waals surface area contributed by atoms with Gasteiger partial charge >= 0.3 is 0 Å². The summed E-state index contributed by atoms with van der Waals surface area (Å²) in [6.45, 7) is 3.24. The van der Waals surface area contributed by atoms with Gasteiger partial charge in [0, 0.05) is 42.6 Å². The topological polar surface area (TPSA) is 66.5 Å². The van der Waals surface area contributed by atoms with E-state index in [1.807, 2.05) is 0 Å². The van der Waals surface area contributed by atoms with Crippen LogP contribution in [-0.4, -0.2) is 44.0 Å². The van der Waals surface area contributed by atoms with Gasteiger partial charge in [0.05, 0.1) is 5.75 Å². The highest BCUT2D eigenvalue weighted by atomic mass is 32.2. The molecule has 1 N–H and O–H groups in total. The standard InChI is InChI=1S/C23H29FN2O3S2/c1-18-6-8-19(9-7-18)16-30-15-12-25-23(27)20-10-13-26(14-11-20)31(28,29)17-21-4-2-3-5-22(21)24/h2-9,20H,10-17H2,1H3,(H,25,27). The van der Waals surface area contributed by atoms with E-state index in [1.54, 1.807) is 17.8 Å². The molecule has 3 rings (SSSR count). The van der Waals surface area contributed by atoms with E-state index in [4.69, 9.17) is 0 Å². The highest BCUT2D eigenvalue weighted by Crippen LogP contribution is 2.22. The molecule has 0 aliphatic carbocycles. The van der Waals surface area contributed by atoms with Gasteiger partial charge in [0.15, 0.2) is 0 Å². The lowest BCUT2D eigenvalue weighted by molar-refractivity contribution is -0.125. The molecule has 1 aliphatic heterocycles. The lowest BCUT2D eigenvalue weighted by atomic mass is 9.97. The zero-order valence-electron chi connectivity index (χ0n) is 17.7. The van der Waals surface area contributed by atoms with Crippen molar-refractivity contribution in [2.45, 2.75) is 31.3 Å². The maximum atomic E-state index is 13.8. The first-order valence-electron chi connectivity index (χ1n) is 10.5. The number of thioether (sulfide) groups is 1. The van der Waals surface area contributed by atoms with Gasteiger partial charge in [0.1, 0.15) is 5.82 Å². The number of nitrogens with zero attached hydrogens (tertiary/aromatic N) is 1. The second kappa shape index (κ2) is 11.1. The minimum Gasteiger partial charge on any atom is -0.355 e. The third-order valence-corrected chi connectivity index (χ3v) is 8.31. The molecule has 1 aliphatic rings. The quantitative estimate of drug-likeness (QED) is 0.575. The maximum Gasteiger partial charge on any atom is 0.223 e. The molecule has 31 heavy (non-hydrogen) atoms. The molecular formula is C23H29FN2O3S2. The molecule has 0 radical (unpaired) electrons. The number of carbonyl (C=O) groups excluding carboxylic acids is 1. The summed E-state index contributed by atoms with van der Waals surface area (Å²) in [7, 11) is -3.60. The molecule has 0 aromatic heterocycles. The summed E-state index contributed by atoms with van der Waals surface area (Å²) in [5.74, 6) is 0.684. The Morgan fingerprint density at radius 2 is 1.81 bits per heavy atom. The zero-order valence-corrected chi connectivity index (χ0v) is 19.4. The van der Waals surface area contributed by atoms with Crippen LogP contribution in [0.4, 0.5) is 4.39 Å². The van der Waals surface area contributed by atoms with Crippen molar-refractivity contribution >= 4 is 27.7 Å². The first kappa shape index (κ1) is 23.8. The highest BCUT2D eigenvalue weighted by Gasteiger charge is 2.31. The second-order valence-electron chi connectivity index (χ2n) is 7.85. The van der Waals surface area contributed by atoms with Gasteiger partial charge in [0.2, 0.25) is 15.9 Å². The van der Waals surface area contributed by atoms with Crippen LogP contribution in [0.2, 0.25) is 0 Å². The molecule has 0 unspecified atom stereocenters. The van der Waals surface area contributed by atoms with Gasteiger partial charge in [-0.05, 0) is 31.4 Å². The zero-order chi connectivity index (χ0) is 22.3. The normalized spacial score (nSPS) is 15.7. The lowest BCUT2D eigenvalue weighted by Crippen LogP contribution is -2.43. The lowest BCUT2D eigenvalue weighted by Gasteiger charge is -2.30. The fourth-order valence-corrected chi connectivity index (χ4v) is 5.96. The van der Waals surface area contributed by atoms with E-state index in [0.29, 0.717) is 19.4 Å². The summed E-state index contributed by atoms with van der Waals surface area (Å²) in [6.07, 6.45) is 0.970. The second-order valence-corrected chi connectivity index (χ2v) is 10.9. The number of hydrogen-bond donors (Lipinski definition) is 1. The first-order chi connectivity index (χ1) is 14.8. The number of carbonyl (C=O) groups is 1. The molecule has 0 bridgehead atoms. The predicted molar refractivity (Wildman–Crippen MR) is 124 cm³/mol. The van der Waals surface area contributed by atoms with E-state index < -0.39 is 15.8 Å². The van der Waals surface area contributed by atoms with Crippen LogP contribution in [0, 0.1) is 18.7 Å². The molecule has 2 aromatic rings. The number of amides is 1. The number of halogens is 1. The van der Waals surface area contributed by atoms with Crippen molar-refractivity contribution in [2.75, 3.05) is 25.4 Å². The van der Waals surface area contributed by atoms with Crippen molar-refractivity contribution < 1.29 is 17.6 Å². The van der Waals surface area contributed by atoms with E-state index in [2.05, 4.69) is 36.5 Å². The van der Waals surface area contributed by atoms with Gasteiger partial charge in [-0.3, -0.25) is 4.79 Å². The summed E-state index contributed by atoms with van der Waals surface area (Å²) < 4.78 is 40.4. The molecule has 5 nitrogen and oxygen atoms in total. The Hall–Kier alpha value is -1.90. The Kier molecular flexibility index (Phi) is 8.51. The average Bonchev–Trinajstić information content (AvgIpc) is 2.76. The van der Waals surface area contributed by atoms with Crippen LogP contribution < -0.4 is 5.32 Å². The van der Waals surface area contributed by atoms with Crippen LogP contribution in [0.15, 0.2) is 48.5 Å². The number of piperidine rings is 1. The molecule has 0 atom stereocenters. The molecule has 1 heterocycles. The summed E-state index contributed by atoms with van der Waals surface area (Å²) in [4.78, 5) is 12.4. The number of sulfonamides is 1. The minimum absolute atomic E-state index is 0.0120. The van der Waals surface area contributed by atoms with Crippen molar-refractivity contribution in [1.82, 2.24) is 9.62 Å². The number of aryl methyl sites for hydroxylation is 1. The molecule has 0 spiro atoms. The van der Waals surface area contributed by atoms with Gasteiger partial charge in [-0.2, -0.15) is 11.8 Å². The molecule has 1 amide bonds. The largest absolute Gasteiger partial charge is 0.355 e. The number of benzene rings is 2. The van der Waals surface area contributed by atoms with Crippen LogP contribution >= 0.6 is 11.8 Å². The van der Waals surface area contributed by atoms with Crippen molar-refractivity contribution in [1.29, 1.82) is 0 Å². The van der Waals surface area contributed by atoms with Crippen LogP contribution in [0.5, 0.6) is 0 Å². The predicted octanol–water partition coefficient (Wildman–Crippen LogP) is 3.73. The maximum absolute atomic E-state index is 13.8. The Morgan fingerprint density at radius 3 is 2.48 bits per heavy atom. The van der Waals surface area contributed by atoms with Crippen LogP contribution in [0.25, 0.3) is 0 Å². The van der Waals surface area contributed by atoms with Gasteiger partial charge in [-0.15, -0.1) is 0 Å². The highest BCUT2D eigenvalue weighted by molar-refractivity contribution is 7.98. The minimum atomic E-state index is -3.60.